The smallest absolute Gasteiger partial charge is 0.129 e. The van der Waals surface area contributed by atoms with Gasteiger partial charge in [-0.3, -0.25) is 0 Å². The van der Waals surface area contributed by atoms with Gasteiger partial charge >= 0.3 is 0 Å². The Morgan fingerprint density at radius 2 is 2.19 bits per heavy atom. The van der Waals surface area contributed by atoms with Gasteiger partial charge in [0.15, 0.2) is 0 Å². The topological polar surface area (TPSA) is 29.5 Å². The lowest BCUT2D eigenvalue weighted by atomic mass is 10.1. The number of ether oxygens (including phenoxy) is 1. The minimum absolute atomic E-state index is 0.314. The van der Waals surface area contributed by atoms with E-state index in [1.807, 2.05) is 6.92 Å². The summed E-state index contributed by atoms with van der Waals surface area (Å²) in [4.78, 5) is 0. The standard InChI is InChI=1S/C12H16BrFO2/c1-2-6-16-7-5-12(15)10-8-9(13)3-4-11(10)14/h3-4,8,12,15H,2,5-7H2,1H3. The van der Waals surface area contributed by atoms with Crippen molar-refractivity contribution < 1.29 is 14.2 Å². The molecule has 0 aliphatic heterocycles. The molecular formula is C12H16BrFO2. The Balaban J connectivity index is 2.51. The van der Waals surface area contributed by atoms with Crippen molar-refractivity contribution in [2.45, 2.75) is 25.9 Å². The van der Waals surface area contributed by atoms with E-state index >= 15 is 0 Å². The van der Waals surface area contributed by atoms with Crippen LogP contribution < -0.4 is 0 Å². The fraction of sp³-hybridized carbons (Fsp3) is 0.500. The number of hydrogen-bond acceptors (Lipinski definition) is 2. The maximum atomic E-state index is 13.4. The summed E-state index contributed by atoms with van der Waals surface area (Å²) in [5, 5.41) is 9.78. The highest BCUT2D eigenvalue weighted by Crippen LogP contribution is 2.23. The van der Waals surface area contributed by atoms with Crippen LogP contribution in [-0.2, 0) is 4.74 Å². The molecule has 1 atom stereocenters. The van der Waals surface area contributed by atoms with Crippen LogP contribution in [0.4, 0.5) is 4.39 Å². The molecule has 1 rings (SSSR count). The Labute approximate surface area is 104 Å². The summed E-state index contributed by atoms with van der Waals surface area (Å²) in [6, 6.07) is 4.55. The van der Waals surface area contributed by atoms with Gasteiger partial charge in [-0.05, 0) is 24.6 Å². The zero-order valence-electron chi connectivity index (χ0n) is 9.25. The summed E-state index contributed by atoms with van der Waals surface area (Å²) in [6.45, 7) is 3.14. The van der Waals surface area contributed by atoms with Crippen LogP contribution in [0.25, 0.3) is 0 Å². The monoisotopic (exact) mass is 290 g/mol. The quantitative estimate of drug-likeness (QED) is 0.814. The maximum absolute atomic E-state index is 13.4. The summed E-state index contributed by atoms with van der Waals surface area (Å²) in [5.41, 5.74) is 0.314. The minimum Gasteiger partial charge on any atom is -0.388 e. The molecular weight excluding hydrogens is 275 g/mol. The average Bonchev–Trinajstić information content (AvgIpc) is 2.27. The van der Waals surface area contributed by atoms with E-state index in [0.717, 1.165) is 10.9 Å². The summed E-state index contributed by atoms with van der Waals surface area (Å²) in [6.07, 6.45) is 0.545. The van der Waals surface area contributed by atoms with Crippen molar-refractivity contribution >= 4 is 15.9 Å². The molecule has 0 aliphatic rings. The Kier molecular flexibility index (Phi) is 5.95. The largest absolute Gasteiger partial charge is 0.388 e. The number of hydrogen-bond donors (Lipinski definition) is 1. The fourth-order valence-electron chi connectivity index (χ4n) is 1.37. The van der Waals surface area contributed by atoms with Gasteiger partial charge in [0.1, 0.15) is 5.82 Å². The van der Waals surface area contributed by atoms with Crippen LogP contribution in [0, 0.1) is 5.82 Å². The van der Waals surface area contributed by atoms with Crippen LogP contribution in [-0.4, -0.2) is 18.3 Å². The predicted octanol–water partition coefficient (Wildman–Crippen LogP) is 3.44. The lowest BCUT2D eigenvalue weighted by Crippen LogP contribution is -2.05. The van der Waals surface area contributed by atoms with Crippen molar-refractivity contribution in [1.29, 1.82) is 0 Å². The fourth-order valence-corrected chi connectivity index (χ4v) is 1.75. The van der Waals surface area contributed by atoms with E-state index in [9.17, 15) is 9.50 Å². The third-order valence-corrected chi connectivity index (χ3v) is 2.69. The minimum atomic E-state index is -0.811. The van der Waals surface area contributed by atoms with Crippen molar-refractivity contribution in [3.63, 3.8) is 0 Å². The van der Waals surface area contributed by atoms with Crippen LogP contribution in [0.1, 0.15) is 31.4 Å². The van der Waals surface area contributed by atoms with E-state index in [0.29, 0.717) is 25.2 Å². The Morgan fingerprint density at radius 3 is 2.88 bits per heavy atom. The zero-order valence-corrected chi connectivity index (χ0v) is 10.8. The molecule has 2 nitrogen and oxygen atoms in total. The van der Waals surface area contributed by atoms with Crippen molar-refractivity contribution in [1.82, 2.24) is 0 Å². The molecule has 0 fully saturated rings. The van der Waals surface area contributed by atoms with Crippen LogP contribution in [0.3, 0.4) is 0 Å². The van der Waals surface area contributed by atoms with Crippen LogP contribution in [0.5, 0.6) is 0 Å². The van der Waals surface area contributed by atoms with E-state index in [1.54, 1.807) is 12.1 Å². The first kappa shape index (κ1) is 13.6. The molecule has 1 aromatic rings. The predicted molar refractivity (Wildman–Crippen MR) is 64.8 cm³/mol. The second-order valence-corrected chi connectivity index (χ2v) is 4.50. The van der Waals surface area contributed by atoms with E-state index < -0.39 is 6.10 Å². The summed E-state index contributed by atoms with van der Waals surface area (Å²) in [5.74, 6) is -0.383. The summed E-state index contributed by atoms with van der Waals surface area (Å²) >= 11 is 3.25. The van der Waals surface area contributed by atoms with Gasteiger partial charge in [0.2, 0.25) is 0 Å². The highest BCUT2D eigenvalue weighted by atomic mass is 79.9. The summed E-state index contributed by atoms with van der Waals surface area (Å²) < 4.78 is 19.4. The molecule has 0 radical (unpaired) electrons. The number of aliphatic hydroxyl groups is 1. The maximum Gasteiger partial charge on any atom is 0.129 e. The summed E-state index contributed by atoms with van der Waals surface area (Å²) in [7, 11) is 0. The lowest BCUT2D eigenvalue weighted by molar-refractivity contribution is 0.0806. The first-order valence-corrected chi connectivity index (χ1v) is 6.15. The second kappa shape index (κ2) is 6.99. The molecule has 16 heavy (non-hydrogen) atoms. The van der Waals surface area contributed by atoms with Gasteiger partial charge in [0.25, 0.3) is 0 Å². The highest BCUT2D eigenvalue weighted by molar-refractivity contribution is 9.10. The van der Waals surface area contributed by atoms with Crippen molar-refractivity contribution in [3.8, 4) is 0 Å². The molecule has 0 bridgehead atoms. The van der Waals surface area contributed by atoms with Crippen LogP contribution in [0.2, 0.25) is 0 Å². The molecule has 1 unspecified atom stereocenters. The van der Waals surface area contributed by atoms with E-state index in [2.05, 4.69) is 15.9 Å². The second-order valence-electron chi connectivity index (χ2n) is 3.58. The van der Waals surface area contributed by atoms with Crippen LogP contribution >= 0.6 is 15.9 Å². The average molecular weight is 291 g/mol. The van der Waals surface area contributed by atoms with Gasteiger partial charge in [-0.25, -0.2) is 4.39 Å². The molecule has 1 aromatic carbocycles. The van der Waals surface area contributed by atoms with Gasteiger partial charge in [0, 0.05) is 29.7 Å². The van der Waals surface area contributed by atoms with Crippen molar-refractivity contribution in [2.75, 3.05) is 13.2 Å². The normalized spacial score (nSPS) is 12.8. The lowest BCUT2D eigenvalue weighted by Gasteiger charge is -2.12. The third kappa shape index (κ3) is 4.20. The molecule has 1 N–H and O–H groups in total. The van der Waals surface area contributed by atoms with E-state index in [-0.39, 0.29) is 5.82 Å². The van der Waals surface area contributed by atoms with Gasteiger partial charge < -0.3 is 9.84 Å². The Morgan fingerprint density at radius 1 is 1.44 bits per heavy atom. The molecule has 0 heterocycles. The number of rotatable bonds is 6. The van der Waals surface area contributed by atoms with Crippen molar-refractivity contribution in [3.05, 3.63) is 34.1 Å². The molecule has 0 saturated heterocycles. The first-order chi connectivity index (χ1) is 7.65. The third-order valence-electron chi connectivity index (χ3n) is 2.20. The van der Waals surface area contributed by atoms with E-state index in [1.165, 1.54) is 6.07 Å². The molecule has 4 heteroatoms. The zero-order chi connectivity index (χ0) is 12.0. The van der Waals surface area contributed by atoms with Gasteiger partial charge in [-0.15, -0.1) is 0 Å². The van der Waals surface area contributed by atoms with Crippen molar-refractivity contribution in [2.24, 2.45) is 0 Å². The molecule has 0 aromatic heterocycles. The Bertz CT molecular complexity index is 331. The molecule has 90 valence electrons. The number of aliphatic hydroxyl groups excluding tert-OH is 1. The highest BCUT2D eigenvalue weighted by Gasteiger charge is 2.12. The van der Waals surface area contributed by atoms with Gasteiger partial charge in [-0.2, -0.15) is 0 Å². The first-order valence-electron chi connectivity index (χ1n) is 5.36. The molecule has 0 saturated carbocycles. The van der Waals surface area contributed by atoms with Gasteiger partial charge in [-0.1, -0.05) is 22.9 Å². The molecule has 0 aliphatic carbocycles. The SMILES string of the molecule is CCCOCCC(O)c1cc(Br)ccc1F. The number of benzene rings is 1. The van der Waals surface area contributed by atoms with E-state index in [4.69, 9.17) is 4.74 Å². The molecule has 0 spiro atoms. The Hall–Kier alpha value is -0.450. The van der Waals surface area contributed by atoms with Crippen LogP contribution in [0.15, 0.2) is 22.7 Å². The number of halogens is 2. The van der Waals surface area contributed by atoms with Gasteiger partial charge in [0.05, 0.1) is 6.10 Å². The molecule has 0 amide bonds.